The van der Waals surface area contributed by atoms with E-state index >= 15 is 0 Å². The maximum Gasteiger partial charge on any atom is 0.119 e. The molecule has 3 heteroatoms. The van der Waals surface area contributed by atoms with Crippen molar-refractivity contribution in [1.29, 1.82) is 0 Å². The van der Waals surface area contributed by atoms with E-state index in [1.165, 1.54) is 4.90 Å². The van der Waals surface area contributed by atoms with E-state index in [4.69, 9.17) is 16.3 Å². The highest BCUT2D eigenvalue weighted by Gasteiger charge is 1.96. The lowest BCUT2D eigenvalue weighted by Gasteiger charge is -2.06. The largest absolute Gasteiger partial charge is 0.494 e. The van der Waals surface area contributed by atoms with Crippen molar-refractivity contribution >= 4 is 23.4 Å². The lowest BCUT2D eigenvalue weighted by Crippen LogP contribution is -1.98. The van der Waals surface area contributed by atoms with Gasteiger partial charge in [-0.05, 0) is 36.2 Å². The van der Waals surface area contributed by atoms with E-state index < -0.39 is 0 Å². The maximum atomic E-state index is 5.74. The van der Waals surface area contributed by atoms with Crippen LogP contribution in [0.5, 0.6) is 5.75 Å². The van der Waals surface area contributed by atoms with E-state index in [9.17, 15) is 0 Å². The zero-order chi connectivity index (χ0) is 13.3. The fourth-order valence-electron chi connectivity index (χ4n) is 1.63. The van der Waals surface area contributed by atoms with Crippen LogP contribution in [0.2, 0.25) is 0 Å². The molecule has 0 saturated heterocycles. The number of rotatable bonds is 7. The van der Waals surface area contributed by atoms with Gasteiger partial charge in [-0.2, -0.15) is 0 Å². The molecular weight excluding hydrogens is 276 g/mol. The third kappa shape index (κ3) is 5.17. The van der Waals surface area contributed by atoms with Crippen LogP contribution in [0.1, 0.15) is 12.0 Å². The first-order chi connectivity index (χ1) is 9.38. The molecule has 2 rings (SSSR count). The molecule has 0 aliphatic carbocycles. The fraction of sp³-hybridized carbons (Fsp3) is 0.250. The van der Waals surface area contributed by atoms with Crippen molar-refractivity contribution in [1.82, 2.24) is 0 Å². The lowest BCUT2D eigenvalue weighted by molar-refractivity contribution is 0.318. The van der Waals surface area contributed by atoms with Crippen LogP contribution in [0.3, 0.4) is 0 Å². The second-order valence-corrected chi connectivity index (χ2v) is 5.58. The molecule has 0 aromatic heterocycles. The lowest BCUT2D eigenvalue weighted by atomic mass is 10.2. The smallest absolute Gasteiger partial charge is 0.119 e. The Hall–Kier alpha value is -1.12. The van der Waals surface area contributed by atoms with Crippen LogP contribution in [-0.2, 0) is 5.88 Å². The molecule has 2 aromatic carbocycles. The number of ether oxygens (including phenoxy) is 1. The Bertz CT molecular complexity index is 470. The molecule has 0 aliphatic rings. The third-order valence-corrected chi connectivity index (χ3v) is 4.05. The Labute approximate surface area is 123 Å². The topological polar surface area (TPSA) is 9.23 Å². The molecule has 0 heterocycles. The highest BCUT2D eigenvalue weighted by molar-refractivity contribution is 7.99. The monoisotopic (exact) mass is 292 g/mol. The van der Waals surface area contributed by atoms with Gasteiger partial charge < -0.3 is 4.74 Å². The fourth-order valence-corrected chi connectivity index (χ4v) is 2.66. The van der Waals surface area contributed by atoms with Crippen molar-refractivity contribution in [3.8, 4) is 5.75 Å². The zero-order valence-corrected chi connectivity index (χ0v) is 12.3. The summed E-state index contributed by atoms with van der Waals surface area (Å²) in [5, 5.41) is 0. The summed E-state index contributed by atoms with van der Waals surface area (Å²) in [7, 11) is 0. The Kier molecular flexibility index (Phi) is 6.12. The Morgan fingerprint density at radius 1 is 0.947 bits per heavy atom. The molecule has 0 unspecified atom stereocenters. The summed E-state index contributed by atoms with van der Waals surface area (Å²) in [5.74, 6) is 2.54. The Balaban J connectivity index is 1.63. The molecule has 0 N–H and O–H groups in total. The Morgan fingerprint density at radius 2 is 1.68 bits per heavy atom. The van der Waals surface area contributed by atoms with E-state index in [2.05, 4.69) is 24.3 Å². The average Bonchev–Trinajstić information content (AvgIpc) is 2.49. The van der Waals surface area contributed by atoms with Gasteiger partial charge in [-0.15, -0.1) is 23.4 Å². The first-order valence-electron chi connectivity index (χ1n) is 6.34. The van der Waals surface area contributed by atoms with Gasteiger partial charge in [-0.1, -0.05) is 30.3 Å². The van der Waals surface area contributed by atoms with Crippen LogP contribution >= 0.6 is 23.4 Å². The predicted molar refractivity (Wildman–Crippen MR) is 83.3 cm³/mol. The van der Waals surface area contributed by atoms with Crippen LogP contribution in [0.4, 0.5) is 0 Å². The molecule has 2 aromatic rings. The van der Waals surface area contributed by atoms with Crippen molar-refractivity contribution in [3.05, 3.63) is 60.2 Å². The molecule has 0 atom stereocenters. The van der Waals surface area contributed by atoms with E-state index in [0.29, 0.717) is 5.88 Å². The quantitative estimate of drug-likeness (QED) is 0.404. The second-order valence-electron chi connectivity index (χ2n) is 4.14. The van der Waals surface area contributed by atoms with Gasteiger partial charge in [0.05, 0.1) is 6.61 Å². The maximum absolute atomic E-state index is 5.74. The average molecular weight is 293 g/mol. The summed E-state index contributed by atoms with van der Waals surface area (Å²) in [6.07, 6.45) is 1.04. The molecule has 19 heavy (non-hydrogen) atoms. The van der Waals surface area contributed by atoms with Crippen LogP contribution in [0.15, 0.2) is 59.5 Å². The van der Waals surface area contributed by atoms with E-state index in [1.807, 2.05) is 42.1 Å². The van der Waals surface area contributed by atoms with Crippen LogP contribution in [0, 0.1) is 0 Å². The van der Waals surface area contributed by atoms with Gasteiger partial charge in [0, 0.05) is 16.5 Å². The van der Waals surface area contributed by atoms with Gasteiger partial charge >= 0.3 is 0 Å². The molecule has 0 amide bonds. The summed E-state index contributed by atoms with van der Waals surface area (Å²) in [5.41, 5.74) is 1.12. The van der Waals surface area contributed by atoms with E-state index in [-0.39, 0.29) is 0 Å². The van der Waals surface area contributed by atoms with Crippen molar-refractivity contribution in [2.75, 3.05) is 12.4 Å². The van der Waals surface area contributed by atoms with Gasteiger partial charge in [0.1, 0.15) is 5.75 Å². The number of hydrogen-bond acceptors (Lipinski definition) is 2. The number of halogens is 1. The zero-order valence-electron chi connectivity index (χ0n) is 10.7. The van der Waals surface area contributed by atoms with Gasteiger partial charge in [0.2, 0.25) is 0 Å². The van der Waals surface area contributed by atoms with Crippen molar-refractivity contribution < 1.29 is 4.74 Å². The molecule has 1 nitrogen and oxygen atoms in total. The number of hydrogen-bond donors (Lipinski definition) is 0. The predicted octanol–water partition coefficient (Wildman–Crippen LogP) is 4.99. The van der Waals surface area contributed by atoms with Gasteiger partial charge in [0.15, 0.2) is 0 Å². The SMILES string of the molecule is ClCc1ccc(OCCCSc2ccccc2)cc1. The van der Waals surface area contributed by atoms with Crippen molar-refractivity contribution in [2.24, 2.45) is 0 Å². The highest BCUT2D eigenvalue weighted by Crippen LogP contribution is 2.18. The van der Waals surface area contributed by atoms with Gasteiger partial charge in [0.25, 0.3) is 0 Å². The molecule has 0 radical (unpaired) electrons. The Morgan fingerprint density at radius 3 is 2.37 bits per heavy atom. The summed E-state index contributed by atoms with van der Waals surface area (Å²) in [6.45, 7) is 0.750. The first-order valence-corrected chi connectivity index (χ1v) is 7.86. The summed E-state index contributed by atoms with van der Waals surface area (Å²) in [4.78, 5) is 1.31. The van der Waals surface area contributed by atoms with Crippen molar-refractivity contribution in [2.45, 2.75) is 17.2 Å². The minimum Gasteiger partial charge on any atom is -0.494 e. The van der Waals surface area contributed by atoms with Gasteiger partial charge in [-0.3, -0.25) is 0 Å². The second kappa shape index (κ2) is 8.13. The minimum atomic E-state index is 0.550. The number of thioether (sulfide) groups is 1. The molecule has 0 fully saturated rings. The summed E-state index contributed by atoms with van der Waals surface area (Å²) < 4.78 is 5.69. The van der Waals surface area contributed by atoms with E-state index in [1.54, 1.807) is 0 Å². The highest BCUT2D eigenvalue weighted by atomic mass is 35.5. The van der Waals surface area contributed by atoms with Crippen LogP contribution in [-0.4, -0.2) is 12.4 Å². The summed E-state index contributed by atoms with van der Waals surface area (Å²) >= 11 is 7.60. The molecule has 0 aliphatic heterocycles. The molecule has 0 saturated carbocycles. The van der Waals surface area contributed by atoms with Crippen LogP contribution < -0.4 is 4.74 Å². The van der Waals surface area contributed by atoms with Gasteiger partial charge in [-0.25, -0.2) is 0 Å². The van der Waals surface area contributed by atoms with E-state index in [0.717, 1.165) is 30.1 Å². The minimum absolute atomic E-state index is 0.550. The molecule has 100 valence electrons. The normalized spacial score (nSPS) is 10.4. The van der Waals surface area contributed by atoms with Crippen molar-refractivity contribution in [3.63, 3.8) is 0 Å². The molecule has 0 spiro atoms. The first kappa shape index (κ1) is 14.3. The molecular formula is C16H17ClOS. The third-order valence-electron chi connectivity index (χ3n) is 2.65. The summed E-state index contributed by atoms with van der Waals surface area (Å²) in [6, 6.07) is 18.4. The standard InChI is InChI=1S/C16H17ClOS/c17-13-14-7-9-15(10-8-14)18-11-4-12-19-16-5-2-1-3-6-16/h1-3,5-10H,4,11-13H2. The molecule has 0 bridgehead atoms. The number of alkyl halides is 1. The van der Waals surface area contributed by atoms with Crippen LogP contribution in [0.25, 0.3) is 0 Å². The number of benzene rings is 2.